The molecule has 0 unspecified atom stereocenters. The molecular formula is C49H52Cl2F2N12O9. The van der Waals surface area contributed by atoms with Crippen LogP contribution >= 0.6 is 23.2 Å². The second-order valence-electron chi connectivity index (χ2n) is 17.6. The number of halogens is 4. The van der Waals surface area contributed by atoms with Gasteiger partial charge in [0, 0.05) is 59.8 Å². The molecule has 0 saturated carbocycles. The van der Waals surface area contributed by atoms with E-state index >= 15 is 4.39 Å². The number of carbonyl (C=O) groups is 7. The van der Waals surface area contributed by atoms with Gasteiger partial charge in [-0.15, -0.1) is 0 Å². The van der Waals surface area contributed by atoms with Crippen LogP contribution in [0.2, 0.25) is 10.0 Å². The van der Waals surface area contributed by atoms with Crippen molar-refractivity contribution in [2.45, 2.75) is 59.0 Å². The Labute approximate surface area is 431 Å². The molecule has 2 aromatic heterocycles. The van der Waals surface area contributed by atoms with Crippen LogP contribution in [0.4, 0.5) is 19.3 Å². The summed E-state index contributed by atoms with van der Waals surface area (Å²) in [4.78, 5) is 96.4. The molecule has 21 nitrogen and oxygen atoms in total. The smallest absolute Gasteiger partial charge is 0.321 e. The molecule has 1 saturated heterocycles. The highest BCUT2D eigenvalue weighted by Gasteiger charge is 2.28. The van der Waals surface area contributed by atoms with Crippen molar-refractivity contribution in [1.82, 2.24) is 44.9 Å². The van der Waals surface area contributed by atoms with E-state index in [4.69, 9.17) is 39.4 Å². The molecule has 0 spiro atoms. The van der Waals surface area contributed by atoms with Crippen LogP contribution in [0.15, 0.2) is 66.7 Å². The summed E-state index contributed by atoms with van der Waals surface area (Å²) in [5, 5.41) is 26.6. The first-order chi connectivity index (χ1) is 35.3. The number of primary amides is 2. The van der Waals surface area contributed by atoms with E-state index in [0.29, 0.717) is 43.1 Å². The van der Waals surface area contributed by atoms with Crippen LogP contribution in [0.3, 0.4) is 0 Å². The Morgan fingerprint density at radius 1 is 0.743 bits per heavy atom. The molecule has 0 bridgehead atoms. The minimum Gasteiger partial charge on any atom is -0.394 e. The summed E-state index contributed by atoms with van der Waals surface area (Å²) in [5.41, 5.74) is 12.6. The van der Waals surface area contributed by atoms with Crippen LogP contribution < -0.4 is 27.4 Å². The molecule has 390 valence electrons. The van der Waals surface area contributed by atoms with E-state index in [-0.39, 0.29) is 67.0 Å². The first kappa shape index (κ1) is 54.1. The maximum Gasteiger partial charge on any atom is 0.321 e. The van der Waals surface area contributed by atoms with Crippen molar-refractivity contribution in [3.8, 4) is 11.1 Å². The number of nitrogens with one attached hydrogen (secondary N) is 3. The molecule has 1 aliphatic heterocycles. The van der Waals surface area contributed by atoms with Crippen LogP contribution in [-0.2, 0) is 50.1 Å². The van der Waals surface area contributed by atoms with Crippen LogP contribution in [0.25, 0.3) is 32.9 Å². The van der Waals surface area contributed by atoms with Gasteiger partial charge in [-0.1, -0.05) is 47.5 Å². The average molecular weight is 1060 g/mol. The van der Waals surface area contributed by atoms with Crippen molar-refractivity contribution in [3.63, 3.8) is 0 Å². The zero-order chi connectivity index (χ0) is 53.5. The number of nitrogens with two attached hydrogens (primary N) is 2. The standard InChI is InChI=1S/C49H52Cl2F2N12O9/c1-26(2)62(40(69)23-64-36-11-10-31(18-33(36)45(59-64)47(54)71)58-49(73)61-12-14-74-15-13-61)21-38(67)57-20-30-16-29(17-35(51)44(30)53)32-7-5-9-37-42(32)46(48(55)72)60-65(37)24-41(70)63(27(3)25-66)22-39(68)56-19-28-6-4-8-34(50)43(28)52/h4-11,16-18,26-27,66H,12-15,19-25H2,1-3H3,(H2,54,71)(H2,55,72)(H,56,68)(H,57,67)(H,58,73)/t27-/m1/s1. The van der Waals surface area contributed by atoms with Crippen LogP contribution in [0.1, 0.15) is 52.9 Å². The fourth-order valence-corrected chi connectivity index (χ4v) is 8.73. The third-order valence-electron chi connectivity index (χ3n) is 12.2. The first-order valence-electron chi connectivity index (χ1n) is 23.1. The van der Waals surface area contributed by atoms with Gasteiger partial charge >= 0.3 is 6.03 Å². The molecule has 3 heterocycles. The van der Waals surface area contributed by atoms with Gasteiger partial charge in [-0.3, -0.25) is 38.1 Å². The van der Waals surface area contributed by atoms with E-state index in [0.717, 1.165) is 4.90 Å². The molecule has 4 aromatic carbocycles. The number of aromatic nitrogens is 4. The normalized spacial score (nSPS) is 13.0. The SMILES string of the molecule is CC(C)N(CC(=O)NCc1cc(-c2cccc3c2c(C(N)=O)nn3CC(=O)N(CC(=O)NCc2cccc(Cl)c2F)[C@H](C)CO)cc(Cl)c1F)C(=O)Cn1nc(C(N)=O)c2cc(NC(=O)N3CCOCC3)ccc21. The third kappa shape index (κ3) is 12.2. The number of ether oxygens (including phenoxy) is 1. The number of benzene rings is 4. The van der Waals surface area contributed by atoms with E-state index < -0.39 is 98.5 Å². The molecule has 8 N–H and O–H groups in total. The van der Waals surface area contributed by atoms with Gasteiger partial charge < -0.3 is 52.0 Å². The summed E-state index contributed by atoms with van der Waals surface area (Å²) in [7, 11) is 0. The topological polar surface area (TPSA) is 282 Å². The van der Waals surface area contributed by atoms with Crippen molar-refractivity contribution < 1.29 is 52.2 Å². The lowest BCUT2D eigenvalue weighted by atomic mass is 9.97. The van der Waals surface area contributed by atoms with Gasteiger partial charge in [0.25, 0.3) is 11.8 Å². The van der Waals surface area contributed by atoms with Gasteiger partial charge in [-0.2, -0.15) is 10.2 Å². The molecule has 8 amide bonds. The molecular weight excluding hydrogens is 1010 g/mol. The van der Waals surface area contributed by atoms with E-state index in [1.54, 1.807) is 49.1 Å². The molecule has 7 rings (SSSR count). The molecule has 0 radical (unpaired) electrons. The highest BCUT2D eigenvalue weighted by Crippen LogP contribution is 2.35. The summed E-state index contributed by atoms with van der Waals surface area (Å²) < 4.78 is 38.0. The number of morpholine rings is 1. The lowest BCUT2D eigenvalue weighted by Gasteiger charge is -2.27. The largest absolute Gasteiger partial charge is 0.394 e. The molecule has 1 aliphatic rings. The minimum absolute atomic E-state index is 0.0732. The van der Waals surface area contributed by atoms with Gasteiger partial charge in [0.15, 0.2) is 11.4 Å². The van der Waals surface area contributed by atoms with Gasteiger partial charge in [-0.25, -0.2) is 13.6 Å². The number of fused-ring (bicyclic) bond motifs is 2. The number of rotatable bonds is 19. The number of aliphatic hydroxyl groups excluding tert-OH is 1. The Bertz CT molecular complexity index is 3180. The summed E-state index contributed by atoms with van der Waals surface area (Å²) in [6.45, 7) is 3.41. The Morgan fingerprint density at radius 3 is 1.99 bits per heavy atom. The minimum atomic E-state index is -0.972. The second kappa shape index (κ2) is 23.4. The van der Waals surface area contributed by atoms with Crippen molar-refractivity contribution in [2.24, 2.45) is 11.5 Å². The summed E-state index contributed by atoms with van der Waals surface area (Å²) in [6.07, 6.45) is 0. The van der Waals surface area contributed by atoms with Gasteiger partial charge in [-0.05, 0) is 74.4 Å². The summed E-state index contributed by atoms with van der Waals surface area (Å²) >= 11 is 12.3. The van der Waals surface area contributed by atoms with Gasteiger partial charge in [0.2, 0.25) is 23.6 Å². The van der Waals surface area contributed by atoms with Crippen LogP contribution in [-0.4, -0.2) is 139 Å². The lowest BCUT2D eigenvalue weighted by molar-refractivity contribution is -0.139. The zero-order valence-corrected chi connectivity index (χ0v) is 41.8. The predicted molar refractivity (Wildman–Crippen MR) is 269 cm³/mol. The van der Waals surface area contributed by atoms with E-state index in [9.17, 15) is 43.1 Å². The van der Waals surface area contributed by atoms with E-state index in [2.05, 4.69) is 26.1 Å². The third-order valence-corrected chi connectivity index (χ3v) is 12.8. The van der Waals surface area contributed by atoms with Crippen LogP contribution in [0.5, 0.6) is 0 Å². The zero-order valence-electron chi connectivity index (χ0n) is 40.3. The van der Waals surface area contributed by atoms with Crippen LogP contribution in [0, 0.1) is 11.6 Å². The maximum atomic E-state index is 15.7. The maximum absolute atomic E-state index is 15.7. The highest BCUT2D eigenvalue weighted by atomic mass is 35.5. The number of hydrogen-bond acceptors (Lipinski definition) is 11. The Kier molecular flexibility index (Phi) is 17.1. The Hall–Kier alpha value is -7.73. The van der Waals surface area contributed by atoms with E-state index in [1.807, 2.05) is 0 Å². The van der Waals surface area contributed by atoms with Crippen molar-refractivity contribution in [2.75, 3.05) is 51.3 Å². The monoisotopic (exact) mass is 1060 g/mol. The Balaban J connectivity index is 1.05. The highest BCUT2D eigenvalue weighted by molar-refractivity contribution is 6.31. The number of anilines is 1. The molecule has 1 atom stereocenters. The number of urea groups is 1. The van der Waals surface area contributed by atoms with E-state index in [1.165, 1.54) is 57.6 Å². The molecule has 0 aliphatic carbocycles. The van der Waals surface area contributed by atoms with Crippen molar-refractivity contribution in [1.29, 1.82) is 0 Å². The Morgan fingerprint density at radius 2 is 1.34 bits per heavy atom. The number of carbonyl (C=O) groups excluding carboxylic acids is 7. The average Bonchev–Trinajstić information content (AvgIpc) is 3.93. The fourth-order valence-electron chi connectivity index (χ4n) is 8.30. The molecule has 1 fully saturated rings. The summed E-state index contributed by atoms with van der Waals surface area (Å²) in [6, 6.07) is 14.7. The molecule has 6 aromatic rings. The number of hydrogen-bond donors (Lipinski definition) is 6. The van der Waals surface area contributed by atoms with Crippen molar-refractivity contribution in [3.05, 3.63) is 111 Å². The fraction of sp³-hybridized carbons (Fsp3) is 0.327. The second-order valence-corrected chi connectivity index (χ2v) is 18.4. The number of amides is 8. The van der Waals surface area contributed by atoms with Crippen molar-refractivity contribution >= 4 is 92.2 Å². The number of aliphatic hydroxyl groups is 1. The first-order valence-corrected chi connectivity index (χ1v) is 23.9. The quantitative estimate of drug-likeness (QED) is 0.0679. The summed E-state index contributed by atoms with van der Waals surface area (Å²) in [5.74, 6) is -5.99. The number of nitrogens with zero attached hydrogens (tertiary/aromatic N) is 7. The predicted octanol–water partition coefficient (Wildman–Crippen LogP) is 3.78. The molecule has 25 heteroatoms. The van der Waals surface area contributed by atoms with Gasteiger partial charge in [0.05, 0.1) is 60.0 Å². The van der Waals surface area contributed by atoms with Gasteiger partial charge in [0.1, 0.15) is 24.7 Å². The molecule has 74 heavy (non-hydrogen) atoms. The lowest BCUT2D eigenvalue weighted by Crippen LogP contribution is -2.47.